The fraction of sp³-hybridized carbons (Fsp3) is 0.0833. The number of nitrogens with one attached hydrogen (secondary N) is 1. The predicted octanol–water partition coefficient (Wildman–Crippen LogP) is 2.67. The smallest absolute Gasteiger partial charge is 0.0923 e. The van der Waals surface area contributed by atoms with Crippen molar-refractivity contribution in [2.75, 3.05) is 0 Å². The summed E-state index contributed by atoms with van der Waals surface area (Å²) in [6.45, 7) is 0. The molecule has 70 valence electrons. The Hall–Kier alpha value is -1.83. The molecule has 2 heteroatoms. The lowest BCUT2D eigenvalue weighted by molar-refractivity contribution is 1.16. The topological polar surface area (TPSA) is 28.7 Å². The van der Waals surface area contributed by atoms with E-state index < -0.39 is 0 Å². The highest BCUT2D eigenvalue weighted by Gasteiger charge is 1.89. The molecular formula is C12H12N2. The van der Waals surface area contributed by atoms with Gasteiger partial charge in [-0.25, -0.2) is 4.98 Å². The van der Waals surface area contributed by atoms with E-state index in [1.165, 1.54) is 5.56 Å². The van der Waals surface area contributed by atoms with Crippen molar-refractivity contribution in [1.29, 1.82) is 0 Å². The third-order valence-electron chi connectivity index (χ3n) is 1.99. The zero-order valence-electron chi connectivity index (χ0n) is 7.85. The summed E-state index contributed by atoms with van der Waals surface area (Å²) in [7, 11) is 0. The molecule has 0 unspecified atom stereocenters. The van der Waals surface area contributed by atoms with Crippen LogP contribution in [-0.4, -0.2) is 9.97 Å². The first-order valence-corrected chi connectivity index (χ1v) is 4.64. The first-order valence-electron chi connectivity index (χ1n) is 4.64. The van der Waals surface area contributed by atoms with E-state index in [1.807, 2.05) is 24.4 Å². The molecule has 1 aromatic heterocycles. The Morgan fingerprint density at radius 2 is 2.07 bits per heavy atom. The maximum atomic E-state index is 4.14. The lowest BCUT2D eigenvalue weighted by Crippen LogP contribution is -1.78. The fourth-order valence-corrected chi connectivity index (χ4v) is 1.28. The summed E-state index contributed by atoms with van der Waals surface area (Å²) in [5, 5.41) is 0. The molecule has 0 spiro atoms. The van der Waals surface area contributed by atoms with Crippen molar-refractivity contribution < 1.29 is 0 Å². The average Bonchev–Trinajstić information content (AvgIpc) is 2.72. The number of benzene rings is 1. The van der Waals surface area contributed by atoms with Gasteiger partial charge in [0.25, 0.3) is 0 Å². The molecule has 2 aromatic rings. The highest BCUT2D eigenvalue weighted by atomic mass is 14.8. The van der Waals surface area contributed by atoms with Gasteiger partial charge >= 0.3 is 0 Å². The number of rotatable bonds is 3. The largest absolute Gasteiger partial charge is 0.351 e. The molecule has 1 heterocycles. The van der Waals surface area contributed by atoms with Gasteiger partial charge < -0.3 is 4.98 Å². The molecule has 0 bridgehead atoms. The van der Waals surface area contributed by atoms with E-state index in [9.17, 15) is 0 Å². The SMILES string of the molecule is C(=Cc1ccccc1)Cc1c[nH]cn1. The first-order chi connectivity index (χ1) is 6.95. The van der Waals surface area contributed by atoms with Crippen molar-refractivity contribution in [2.45, 2.75) is 6.42 Å². The maximum Gasteiger partial charge on any atom is 0.0923 e. The van der Waals surface area contributed by atoms with Crippen LogP contribution in [0.5, 0.6) is 0 Å². The highest BCUT2D eigenvalue weighted by Crippen LogP contribution is 2.02. The van der Waals surface area contributed by atoms with Crippen molar-refractivity contribution in [2.24, 2.45) is 0 Å². The Labute approximate surface area is 83.3 Å². The van der Waals surface area contributed by atoms with Gasteiger partial charge in [0.2, 0.25) is 0 Å². The van der Waals surface area contributed by atoms with Crippen molar-refractivity contribution in [3.05, 3.63) is 60.2 Å². The Morgan fingerprint density at radius 3 is 2.79 bits per heavy atom. The van der Waals surface area contributed by atoms with Crippen molar-refractivity contribution >= 4 is 6.08 Å². The fourth-order valence-electron chi connectivity index (χ4n) is 1.28. The van der Waals surface area contributed by atoms with Gasteiger partial charge in [-0.2, -0.15) is 0 Å². The molecule has 2 rings (SSSR count). The number of hydrogen-bond donors (Lipinski definition) is 1. The number of nitrogens with zero attached hydrogens (tertiary/aromatic N) is 1. The monoisotopic (exact) mass is 184 g/mol. The van der Waals surface area contributed by atoms with E-state index >= 15 is 0 Å². The number of imidazole rings is 1. The van der Waals surface area contributed by atoms with Crippen LogP contribution in [0.1, 0.15) is 11.3 Å². The van der Waals surface area contributed by atoms with Crippen LogP contribution in [-0.2, 0) is 6.42 Å². The summed E-state index contributed by atoms with van der Waals surface area (Å²) in [4.78, 5) is 7.07. The van der Waals surface area contributed by atoms with Crippen LogP contribution >= 0.6 is 0 Å². The normalized spacial score (nSPS) is 10.9. The van der Waals surface area contributed by atoms with E-state index in [0.717, 1.165) is 12.1 Å². The minimum atomic E-state index is 0.873. The zero-order chi connectivity index (χ0) is 9.64. The Morgan fingerprint density at radius 1 is 1.21 bits per heavy atom. The van der Waals surface area contributed by atoms with Crippen molar-refractivity contribution in [3.63, 3.8) is 0 Å². The van der Waals surface area contributed by atoms with Crippen molar-refractivity contribution in [1.82, 2.24) is 9.97 Å². The lowest BCUT2D eigenvalue weighted by Gasteiger charge is -1.90. The first kappa shape index (κ1) is 8.75. The molecule has 0 saturated carbocycles. The highest BCUT2D eigenvalue weighted by molar-refractivity contribution is 5.48. The van der Waals surface area contributed by atoms with E-state index in [-0.39, 0.29) is 0 Å². The average molecular weight is 184 g/mol. The molecule has 0 aliphatic carbocycles. The van der Waals surface area contributed by atoms with Crippen LogP contribution in [0.3, 0.4) is 0 Å². The molecule has 1 aromatic carbocycles. The van der Waals surface area contributed by atoms with E-state index in [2.05, 4.69) is 34.3 Å². The maximum absolute atomic E-state index is 4.14. The molecule has 0 atom stereocenters. The minimum Gasteiger partial charge on any atom is -0.351 e. The molecule has 0 aliphatic rings. The predicted molar refractivity (Wildman–Crippen MR) is 57.8 cm³/mol. The molecule has 14 heavy (non-hydrogen) atoms. The second kappa shape index (κ2) is 4.42. The third kappa shape index (κ3) is 2.33. The van der Waals surface area contributed by atoms with E-state index in [4.69, 9.17) is 0 Å². The van der Waals surface area contributed by atoms with Crippen LogP contribution in [0.2, 0.25) is 0 Å². The zero-order valence-corrected chi connectivity index (χ0v) is 7.85. The second-order valence-corrected chi connectivity index (χ2v) is 3.08. The lowest BCUT2D eigenvalue weighted by atomic mass is 10.2. The third-order valence-corrected chi connectivity index (χ3v) is 1.99. The van der Waals surface area contributed by atoms with Crippen LogP contribution in [0, 0.1) is 0 Å². The Balaban J connectivity index is 1.96. The summed E-state index contributed by atoms with van der Waals surface area (Å²) in [5.74, 6) is 0. The molecule has 0 radical (unpaired) electrons. The van der Waals surface area contributed by atoms with E-state index in [1.54, 1.807) is 6.33 Å². The van der Waals surface area contributed by atoms with Gasteiger partial charge in [-0.3, -0.25) is 0 Å². The standard InChI is InChI=1S/C12H12N2/c1-2-5-11(6-3-1)7-4-8-12-9-13-10-14-12/h1-7,9-10H,8H2,(H,13,14). The number of aromatic nitrogens is 2. The number of allylic oxidation sites excluding steroid dienone is 1. The van der Waals surface area contributed by atoms with Gasteiger partial charge in [-0.05, 0) is 5.56 Å². The molecule has 0 amide bonds. The quantitative estimate of drug-likeness (QED) is 0.780. The molecule has 0 saturated heterocycles. The van der Waals surface area contributed by atoms with Crippen LogP contribution in [0.4, 0.5) is 0 Å². The number of aromatic amines is 1. The Kier molecular flexibility index (Phi) is 2.76. The minimum absolute atomic E-state index is 0.873. The molecule has 0 fully saturated rings. The summed E-state index contributed by atoms with van der Waals surface area (Å²) < 4.78 is 0. The number of hydrogen-bond acceptors (Lipinski definition) is 1. The van der Waals surface area contributed by atoms with Gasteiger partial charge in [0.05, 0.1) is 12.0 Å². The second-order valence-electron chi connectivity index (χ2n) is 3.08. The van der Waals surface area contributed by atoms with Crippen LogP contribution in [0.25, 0.3) is 6.08 Å². The van der Waals surface area contributed by atoms with Gasteiger partial charge in [-0.15, -0.1) is 0 Å². The number of H-pyrrole nitrogens is 1. The van der Waals surface area contributed by atoms with Crippen LogP contribution < -0.4 is 0 Å². The molecule has 1 N–H and O–H groups in total. The van der Waals surface area contributed by atoms with Crippen molar-refractivity contribution in [3.8, 4) is 0 Å². The van der Waals surface area contributed by atoms with Crippen LogP contribution in [0.15, 0.2) is 48.9 Å². The van der Waals surface area contributed by atoms with Gasteiger partial charge in [0, 0.05) is 12.6 Å². The van der Waals surface area contributed by atoms with Gasteiger partial charge in [0.1, 0.15) is 0 Å². The summed E-state index contributed by atoms with van der Waals surface area (Å²) in [5.41, 5.74) is 2.29. The molecular weight excluding hydrogens is 172 g/mol. The summed E-state index contributed by atoms with van der Waals surface area (Å²) >= 11 is 0. The summed E-state index contributed by atoms with van der Waals surface area (Å²) in [6.07, 6.45) is 8.71. The Bertz CT molecular complexity index is 388. The van der Waals surface area contributed by atoms with Gasteiger partial charge in [-0.1, -0.05) is 42.5 Å². The molecule has 2 nitrogen and oxygen atoms in total. The van der Waals surface area contributed by atoms with Gasteiger partial charge in [0.15, 0.2) is 0 Å². The summed E-state index contributed by atoms with van der Waals surface area (Å²) in [6, 6.07) is 10.3. The van der Waals surface area contributed by atoms with E-state index in [0.29, 0.717) is 0 Å². The molecule has 0 aliphatic heterocycles.